The normalized spacial score (nSPS) is 11.9. The topological polar surface area (TPSA) is 96.6 Å². The second-order valence-electron chi connectivity index (χ2n) is 4.59. The zero-order chi connectivity index (χ0) is 15.7. The Hall–Kier alpha value is -0.390. The summed E-state index contributed by atoms with van der Waals surface area (Å²) in [6.07, 6.45) is 3.48. The number of nitrogens with two attached hydrogens (primary N) is 1. The Morgan fingerprint density at radius 1 is 1.27 bits per heavy atom. The van der Waals surface area contributed by atoms with Gasteiger partial charge in [0.25, 0.3) is 0 Å². The van der Waals surface area contributed by atoms with Crippen molar-refractivity contribution in [2.75, 3.05) is 13.1 Å². The molecule has 4 N–H and O–H groups in total. The Bertz CT molecular complexity index is 558. The van der Waals surface area contributed by atoms with Gasteiger partial charge in [-0.05, 0) is 25.5 Å². The lowest BCUT2D eigenvalue weighted by Gasteiger charge is -2.10. The quantitative estimate of drug-likeness (QED) is 0.240. The van der Waals surface area contributed by atoms with E-state index in [1.807, 2.05) is 6.92 Å². The minimum atomic E-state index is -3.61. The Morgan fingerprint density at radius 2 is 2.00 bits per heavy atom. The van der Waals surface area contributed by atoms with E-state index in [1.54, 1.807) is 6.07 Å². The van der Waals surface area contributed by atoms with Gasteiger partial charge in [-0.15, -0.1) is 35.3 Å². The van der Waals surface area contributed by atoms with E-state index in [4.69, 9.17) is 5.14 Å². The minimum Gasteiger partial charge on any atom is -0.357 e. The van der Waals surface area contributed by atoms with Crippen molar-refractivity contribution in [1.82, 2.24) is 10.6 Å². The number of thiophene rings is 1. The number of rotatable bonds is 8. The molecule has 0 spiro atoms. The predicted molar refractivity (Wildman–Crippen MR) is 103 cm³/mol. The second-order valence-corrected chi connectivity index (χ2v) is 7.55. The number of sulfonamides is 1. The fourth-order valence-electron chi connectivity index (χ4n) is 1.68. The summed E-state index contributed by atoms with van der Waals surface area (Å²) < 4.78 is 22.6. The van der Waals surface area contributed by atoms with Gasteiger partial charge < -0.3 is 10.6 Å². The molecule has 1 rings (SSSR count). The monoisotopic (exact) mass is 460 g/mol. The second kappa shape index (κ2) is 11.2. The van der Waals surface area contributed by atoms with Crippen LogP contribution in [-0.4, -0.2) is 27.5 Å². The third-order valence-corrected chi connectivity index (χ3v) is 5.24. The van der Waals surface area contributed by atoms with E-state index in [1.165, 1.54) is 18.9 Å². The zero-order valence-electron chi connectivity index (χ0n) is 13.0. The highest BCUT2D eigenvalue weighted by Gasteiger charge is 2.10. The lowest BCUT2D eigenvalue weighted by atomic mass is 10.2. The van der Waals surface area contributed by atoms with E-state index in [9.17, 15) is 8.42 Å². The Kier molecular flexibility index (Phi) is 11.0. The van der Waals surface area contributed by atoms with Crippen molar-refractivity contribution in [3.05, 3.63) is 17.0 Å². The van der Waals surface area contributed by atoms with Crippen LogP contribution >= 0.6 is 35.3 Å². The van der Waals surface area contributed by atoms with Gasteiger partial charge in [0.05, 0.1) is 6.54 Å². The van der Waals surface area contributed by atoms with Gasteiger partial charge in [0.2, 0.25) is 10.0 Å². The number of nitrogens with zero attached hydrogens (tertiary/aromatic N) is 1. The summed E-state index contributed by atoms with van der Waals surface area (Å²) in [5.74, 6) is 0.749. The molecule has 1 aromatic heterocycles. The number of unbranched alkanes of at least 4 members (excludes halogenated alkanes) is 2. The number of primary sulfonamides is 1. The summed E-state index contributed by atoms with van der Waals surface area (Å²) in [6.45, 7) is 6.27. The first-order valence-corrected chi connectivity index (χ1v) is 9.47. The summed E-state index contributed by atoms with van der Waals surface area (Å²) in [4.78, 5) is 5.31. The molecule has 9 heteroatoms. The Balaban J connectivity index is 0.00000441. The molecule has 128 valence electrons. The molecule has 0 amide bonds. The summed E-state index contributed by atoms with van der Waals surface area (Å²) >= 11 is 1.16. The lowest BCUT2D eigenvalue weighted by molar-refractivity contribution is 0.600. The van der Waals surface area contributed by atoms with E-state index in [2.05, 4.69) is 22.5 Å². The van der Waals surface area contributed by atoms with Crippen LogP contribution in [0.4, 0.5) is 0 Å². The summed E-state index contributed by atoms with van der Waals surface area (Å²) in [5.41, 5.74) is 0. The van der Waals surface area contributed by atoms with Gasteiger partial charge in [0.15, 0.2) is 5.96 Å². The molecular weight excluding hydrogens is 435 g/mol. The minimum absolute atomic E-state index is 0. The fraction of sp³-hybridized carbons (Fsp3) is 0.615. The highest BCUT2D eigenvalue weighted by Crippen LogP contribution is 2.20. The van der Waals surface area contributed by atoms with Gasteiger partial charge in [-0.2, -0.15) is 0 Å². The highest BCUT2D eigenvalue weighted by atomic mass is 127. The van der Waals surface area contributed by atoms with Crippen LogP contribution in [0.3, 0.4) is 0 Å². The van der Waals surface area contributed by atoms with Crippen molar-refractivity contribution in [1.29, 1.82) is 0 Å². The SMILES string of the molecule is CCCCCNC(=NCc1ccc(S(N)(=O)=O)s1)NCC.I. The van der Waals surface area contributed by atoms with Gasteiger partial charge in [-0.25, -0.2) is 18.5 Å². The van der Waals surface area contributed by atoms with Gasteiger partial charge in [0, 0.05) is 18.0 Å². The maximum absolute atomic E-state index is 11.2. The molecule has 0 radical (unpaired) electrons. The first kappa shape index (κ1) is 21.6. The third-order valence-electron chi connectivity index (χ3n) is 2.73. The highest BCUT2D eigenvalue weighted by molar-refractivity contribution is 14.0. The molecule has 1 aromatic rings. The van der Waals surface area contributed by atoms with Crippen molar-refractivity contribution in [3.8, 4) is 0 Å². The van der Waals surface area contributed by atoms with Gasteiger partial charge in [-0.1, -0.05) is 19.8 Å². The van der Waals surface area contributed by atoms with Crippen LogP contribution in [0, 0.1) is 0 Å². The van der Waals surface area contributed by atoms with Crippen LogP contribution in [0.2, 0.25) is 0 Å². The van der Waals surface area contributed by atoms with E-state index < -0.39 is 10.0 Å². The van der Waals surface area contributed by atoms with Crippen LogP contribution in [0.1, 0.15) is 38.0 Å². The van der Waals surface area contributed by atoms with Gasteiger partial charge in [-0.3, -0.25) is 0 Å². The molecule has 0 saturated heterocycles. The molecule has 22 heavy (non-hydrogen) atoms. The molecule has 0 saturated carbocycles. The average molecular weight is 460 g/mol. The molecule has 0 atom stereocenters. The Labute approximate surface area is 154 Å². The van der Waals surface area contributed by atoms with Gasteiger partial charge >= 0.3 is 0 Å². The predicted octanol–water partition coefficient (Wildman–Crippen LogP) is 2.26. The van der Waals surface area contributed by atoms with Crippen LogP contribution in [0.5, 0.6) is 0 Å². The number of aliphatic imine (C=N–C) groups is 1. The van der Waals surface area contributed by atoms with Crippen LogP contribution < -0.4 is 15.8 Å². The van der Waals surface area contributed by atoms with Crippen molar-refractivity contribution >= 4 is 51.3 Å². The summed E-state index contributed by atoms with van der Waals surface area (Å²) in [6, 6.07) is 3.26. The zero-order valence-corrected chi connectivity index (χ0v) is 16.9. The van der Waals surface area contributed by atoms with Crippen molar-refractivity contribution in [3.63, 3.8) is 0 Å². The largest absolute Gasteiger partial charge is 0.357 e. The van der Waals surface area contributed by atoms with Gasteiger partial charge in [0.1, 0.15) is 4.21 Å². The number of nitrogens with one attached hydrogen (secondary N) is 2. The van der Waals surface area contributed by atoms with Crippen LogP contribution in [0.25, 0.3) is 0 Å². The van der Waals surface area contributed by atoms with E-state index in [0.717, 1.165) is 41.7 Å². The Morgan fingerprint density at radius 3 is 2.55 bits per heavy atom. The number of guanidine groups is 1. The molecular formula is C13H25IN4O2S2. The number of hydrogen-bond donors (Lipinski definition) is 3. The molecule has 1 heterocycles. The molecule has 0 aromatic carbocycles. The first-order valence-electron chi connectivity index (χ1n) is 7.11. The number of halogens is 1. The molecule has 0 aliphatic heterocycles. The average Bonchev–Trinajstić information content (AvgIpc) is 2.89. The number of hydrogen-bond acceptors (Lipinski definition) is 4. The fourth-order valence-corrected chi connectivity index (χ4v) is 3.38. The van der Waals surface area contributed by atoms with Crippen molar-refractivity contribution in [2.24, 2.45) is 10.1 Å². The van der Waals surface area contributed by atoms with Crippen LogP contribution in [0.15, 0.2) is 21.3 Å². The first-order chi connectivity index (χ1) is 9.97. The smallest absolute Gasteiger partial charge is 0.247 e. The summed E-state index contributed by atoms with van der Waals surface area (Å²) in [7, 11) is -3.61. The lowest BCUT2D eigenvalue weighted by Crippen LogP contribution is -2.37. The summed E-state index contributed by atoms with van der Waals surface area (Å²) in [5, 5.41) is 11.5. The molecule has 6 nitrogen and oxygen atoms in total. The van der Waals surface area contributed by atoms with E-state index in [0.29, 0.717) is 6.54 Å². The van der Waals surface area contributed by atoms with E-state index in [-0.39, 0.29) is 28.2 Å². The maximum Gasteiger partial charge on any atom is 0.247 e. The third kappa shape index (κ3) is 8.30. The molecule has 0 bridgehead atoms. The van der Waals surface area contributed by atoms with Crippen molar-refractivity contribution in [2.45, 2.75) is 43.9 Å². The molecule has 0 fully saturated rings. The van der Waals surface area contributed by atoms with Crippen LogP contribution in [-0.2, 0) is 16.6 Å². The molecule has 0 aliphatic rings. The maximum atomic E-state index is 11.2. The molecule has 0 aliphatic carbocycles. The molecule has 0 unspecified atom stereocenters. The standard InChI is InChI=1S/C13H24N4O2S2.HI/c1-3-5-6-9-16-13(15-4-2)17-10-11-7-8-12(20-11)21(14,18)19;/h7-8H,3-6,9-10H2,1-2H3,(H2,14,18,19)(H2,15,16,17);1H. The van der Waals surface area contributed by atoms with Crippen molar-refractivity contribution < 1.29 is 8.42 Å². The van der Waals surface area contributed by atoms with E-state index >= 15 is 0 Å².